The number of carbonyl (C=O) groups is 1. The molecule has 1 heterocycles. The van der Waals surface area contributed by atoms with E-state index in [9.17, 15) is 13.6 Å². The van der Waals surface area contributed by atoms with Crippen molar-refractivity contribution < 1.29 is 13.6 Å². The second-order valence-corrected chi connectivity index (χ2v) is 7.66. The number of benzene rings is 1. The number of thioether (sulfide) groups is 1. The molecule has 1 atom stereocenters. The predicted molar refractivity (Wildman–Crippen MR) is 102 cm³/mol. The summed E-state index contributed by atoms with van der Waals surface area (Å²) >= 11 is 1.31. The van der Waals surface area contributed by atoms with Crippen LogP contribution in [0.5, 0.6) is 0 Å². The normalized spacial score (nSPS) is 23.1. The Bertz CT molecular complexity index is 859. The largest absolute Gasteiger partial charge is 0.273 e. The maximum atomic E-state index is 14.3. The Hall–Kier alpha value is -2.21. The number of hydrogen-bond acceptors (Lipinski definition) is 3. The zero-order valence-corrected chi connectivity index (χ0v) is 15.6. The second-order valence-electron chi connectivity index (χ2n) is 6.39. The molecular weight excluding hydrogens is 354 g/mol. The molecular formula is C20H20F2N2OS. The van der Waals surface area contributed by atoms with Crippen molar-refractivity contribution in [2.24, 2.45) is 5.10 Å². The van der Waals surface area contributed by atoms with Crippen molar-refractivity contribution in [2.75, 3.05) is 0 Å². The first-order valence-corrected chi connectivity index (χ1v) is 9.24. The van der Waals surface area contributed by atoms with Crippen LogP contribution in [0.1, 0.15) is 38.7 Å². The van der Waals surface area contributed by atoms with Crippen LogP contribution in [-0.2, 0) is 4.79 Å². The van der Waals surface area contributed by atoms with Crippen molar-refractivity contribution in [1.82, 2.24) is 5.01 Å². The summed E-state index contributed by atoms with van der Waals surface area (Å²) in [5.41, 5.74) is 2.21. The second kappa shape index (κ2) is 7.19. The summed E-state index contributed by atoms with van der Waals surface area (Å²) in [6, 6.07) is 3.27. The molecule has 0 saturated heterocycles. The standard InChI is InChI=1S/C20H20F2N2OS/c1-4-5-8-17-13(2)7-6-11-20(17)24(14(3)25)23-19(26-20)16-12-15(21)9-10-18(16)22/h4-5,8-10,12H,1,6-7,11H2,2-3H3/b8-5-. The summed E-state index contributed by atoms with van der Waals surface area (Å²) in [4.78, 5) is 11.6. The first-order valence-electron chi connectivity index (χ1n) is 8.42. The van der Waals surface area contributed by atoms with E-state index in [2.05, 4.69) is 11.7 Å². The van der Waals surface area contributed by atoms with Crippen LogP contribution in [0.15, 0.2) is 59.3 Å². The van der Waals surface area contributed by atoms with Crippen molar-refractivity contribution in [3.63, 3.8) is 0 Å². The van der Waals surface area contributed by atoms with Gasteiger partial charge in [-0.05, 0) is 50.0 Å². The quantitative estimate of drug-likeness (QED) is 0.685. The minimum Gasteiger partial charge on any atom is -0.273 e. The van der Waals surface area contributed by atoms with Crippen LogP contribution < -0.4 is 0 Å². The van der Waals surface area contributed by atoms with Crippen molar-refractivity contribution in [3.05, 3.63) is 71.4 Å². The number of halogens is 2. The Morgan fingerprint density at radius 1 is 1.42 bits per heavy atom. The molecule has 0 fully saturated rings. The van der Waals surface area contributed by atoms with Gasteiger partial charge in [0.15, 0.2) is 0 Å². The first kappa shape index (κ1) is 18.6. The topological polar surface area (TPSA) is 32.7 Å². The fourth-order valence-electron chi connectivity index (χ4n) is 3.45. The van der Waals surface area contributed by atoms with Gasteiger partial charge in [0.25, 0.3) is 0 Å². The van der Waals surface area contributed by atoms with Gasteiger partial charge in [-0.3, -0.25) is 4.79 Å². The third-order valence-electron chi connectivity index (χ3n) is 4.60. The van der Waals surface area contributed by atoms with Crippen LogP contribution in [0.4, 0.5) is 8.78 Å². The Labute approximate surface area is 156 Å². The van der Waals surface area contributed by atoms with Gasteiger partial charge in [-0.15, -0.1) is 0 Å². The summed E-state index contributed by atoms with van der Waals surface area (Å²) in [6.45, 7) is 7.18. The smallest absolute Gasteiger partial charge is 0.241 e. The average Bonchev–Trinajstić information content (AvgIpc) is 2.97. The SMILES string of the molecule is C=C/C=C\C1=C(C)CCCC12SC(c1cc(F)ccc1F)=NN2C(C)=O. The lowest BCUT2D eigenvalue weighted by molar-refractivity contribution is -0.131. The Morgan fingerprint density at radius 2 is 2.19 bits per heavy atom. The van der Waals surface area contributed by atoms with Gasteiger partial charge in [0.1, 0.15) is 21.5 Å². The Morgan fingerprint density at radius 3 is 2.88 bits per heavy atom. The molecule has 1 aromatic carbocycles. The summed E-state index contributed by atoms with van der Waals surface area (Å²) in [6.07, 6.45) is 7.94. The third-order valence-corrected chi connectivity index (χ3v) is 6.03. The lowest BCUT2D eigenvalue weighted by atomic mass is 9.87. The number of amides is 1. The number of rotatable bonds is 3. The molecule has 0 bridgehead atoms. The zero-order valence-electron chi connectivity index (χ0n) is 14.8. The highest BCUT2D eigenvalue weighted by Crippen LogP contribution is 2.52. The lowest BCUT2D eigenvalue weighted by Gasteiger charge is -2.40. The minimum atomic E-state index is -0.734. The predicted octanol–water partition coefficient (Wildman–Crippen LogP) is 5.16. The Balaban J connectivity index is 2.13. The summed E-state index contributed by atoms with van der Waals surface area (Å²) in [5.74, 6) is -1.33. The molecule has 3 nitrogen and oxygen atoms in total. The van der Waals surface area contributed by atoms with Crippen LogP contribution in [0.3, 0.4) is 0 Å². The number of carbonyl (C=O) groups excluding carboxylic acids is 1. The van der Waals surface area contributed by atoms with Crippen LogP contribution in [0, 0.1) is 11.6 Å². The minimum absolute atomic E-state index is 0.0772. The lowest BCUT2D eigenvalue weighted by Crippen LogP contribution is -2.45. The molecule has 0 radical (unpaired) electrons. The molecule has 6 heteroatoms. The van der Waals surface area contributed by atoms with E-state index in [1.165, 1.54) is 23.7 Å². The molecule has 0 saturated carbocycles. The third kappa shape index (κ3) is 3.14. The fourth-order valence-corrected chi connectivity index (χ4v) is 5.01. The molecule has 0 N–H and O–H groups in total. The molecule has 1 amide bonds. The highest BCUT2D eigenvalue weighted by Gasteiger charge is 2.50. The number of allylic oxidation sites excluding steroid dienone is 3. The molecule has 1 unspecified atom stereocenters. The van der Waals surface area contributed by atoms with E-state index in [-0.39, 0.29) is 11.5 Å². The van der Waals surface area contributed by atoms with Crippen molar-refractivity contribution in [1.29, 1.82) is 0 Å². The maximum absolute atomic E-state index is 14.3. The van der Waals surface area contributed by atoms with Gasteiger partial charge in [0, 0.05) is 12.5 Å². The van der Waals surface area contributed by atoms with Crippen LogP contribution in [0.2, 0.25) is 0 Å². The summed E-state index contributed by atoms with van der Waals surface area (Å²) in [5, 5.41) is 6.13. The van der Waals surface area contributed by atoms with Gasteiger partial charge in [-0.25, -0.2) is 13.8 Å². The van der Waals surface area contributed by atoms with E-state index < -0.39 is 16.5 Å². The molecule has 26 heavy (non-hydrogen) atoms. The molecule has 1 aromatic rings. The summed E-state index contributed by atoms with van der Waals surface area (Å²) in [7, 11) is 0. The van der Waals surface area contributed by atoms with E-state index in [1.807, 2.05) is 19.1 Å². The van der Waals surface area contributed by atoms with E-state index in [0.29, 0.717) is 11.5 Å². The maximum Gasteiger partial charge on any atom is 0.241 e. The molecule has 2 aliphatic rings. The van der Waals surface area contributed by atoms with Crippen LogP contribution >= 0.6 is 11.8 Å². The monoisotopic (exact) mass is 374 g/mol. The molecule has 136 valence electrons. The van der Waals surface area contributed by atoms with E-state index >= 15 is 0 Å². The van der Waals surface area contributed by atoms with Crippen LogP contribution in [-0.4, -0.2) is 20.8 Å². The van der Waals surface area contributed by atoms with Crippen molar-refractivity contribution in [2.45, 2.75) is 38.0 Å². The molecule has 1 spiro atoms. The van der Waals surface area contributed by atoms with Crippen LogP contribution in [0.25, 0.3) is 0 Å². The first-order chi connectivity index (χ1) is 12.4. The number of hydrogen-bond donors (Lipinski definition) is 0. The molecule has 1 aliphatic heterocycles. The van der Waals surface area contributed by atoms with E-state index in [0.717, 1.165) is 42.2 Å². The van der Waals surface area contributed by atoms with Gasteiger partial charge in [-0.2, -0.15) is 5.10 Å². The van der Waals surface area contributed by atoms with Gasteiger partial charge in [0.2, 0.25) is 5.91 Å². The zero-order chi connectivity index (χ0) is 18.9. The van der Waals surface area contributed by atoms with Gasteiger partial charge in [-0.1, -0.05) is 42.1 Å². The molecule has 1 aliphatic carbocycles. The fraction of sp³-hybridized carbons (Fsp3) is 0.300. The van der Waals surface area contributed by atoms with Gasteiger partial charge < -0.3 is 0 Å². The molecule has 3 rings (SSSR count). The van der Waals surface area contributed by atoms with Gasteiger partial charge >= 0.3 is 0 Å². The Kier molecular flexibility index (Phi) is 5.14. The van der Waals surface area contributed by atoms with E-state index in [4.69, 9.17) is 0 Å². The summed E-state index contributed by atoms with van der Waals surface area (Å²) < 4.78 is 27.9. The highest BCUT2D eigenvalue weighted by atomic mass is 32.2. The number of hydrazone groups is 1. The van der Waals surface area contributed by atoms with Gasteiger partial charge in [0.05, 0.1) is 0 Å². The van der Waals surface area contributed by atoms with E-state index in [1.54, 1.807) is 6.08 Å². The van der Waals surface area contributed by atoms with Crippen molar-refractivity contribution in [3.8, 4) is 0 Å². The highest BCUT2D eigenvalue weighted by molar-refractivity contribution is 8.16. The number of nitrogens with zero attached hydrogens (tertiary/aromatic N) is 2. The average molecular weight is 374 g/mol. The van der Waals surface area contributed by atoms with Crippen molar-refractivity contribution >= 4 is 22.7 Å². The molecule has 0 aromatic heterocycles.